The zero-order chi connectivity index (χ0) is 24.1. The number of furan rings is 1. The minimum absolute atomic E-state index is 0.173. The first-order valence-electron chi connectivity index (χ1n) is 10.3. The van der Waals surface area contributed by atoms with E-state index in [4.69, 9.17) is 37.1 Å². The Balaban J connectivity index is 1.42. The van der Waals surface area contributed by atoms with Crippen LogP contribution in [0.3, 0.4) is 0 Å². The van der Waals surface area contributed by atoms with Crippen molar-refractivity contribution < 1.29 is 18.7 Å². The summed E-state index contributed by atoms with van der Waals surface area (Å²) in [6, 6.07) is 17.9. The number of benzene rings is 3. The summed E-state index contributed by atoms with van der Waals surface area (Å²) < 4.78 is 18.1. The van der Waals surface area contributed by atoms with Crippen molar-refractivity contribution in [1.29, 1.82) is 0 Å². The summed E-state index contributed by atoms with van der Waals surface area (Å²) in [6.45, 7) is 2.65. The Bertz CT molecular complexity index is 1370. The zero-order valence-electron chi connectivity index (χ0n) is 18.0. The highest BCUT2D eigenvalue weighted by Crippen LogP contribution is 2.30. The first kappa shape index (κ1) is 24.1. The van der Waals surface area contributed by atoms with Crippen molar-refractivity contribution in [3.8, 4) is 11.5 Å². The topological polar surface area (TPSA) is 73.1 Å². The molecule has 0 fully saturated rings. The summed E-state index contributed by atoms with van der Waals surface area (Å²) in [5.41, 5.74) is 4.70. The number of rotatable bonds is 8. The number of ether oxygens (including phenoxy) is 2. The Morgan fingerprint density at radius 3 is 2.68 bits per heavy atom. The number of nitrogens with one attached hydrogen (secondary N) is 1. The number of fused-ring (bicyclic) bond motifs is 1. The van der Waals surface area contributed by atoms with Crippen molar-refractivity contribution in [3.63, 3.8) is 0 Å². The van der Waals surface area contributed by atoms with Crippen LogP contribution in [0, 0.1) is 0 Å². The maximum atomic E-state index is 12.4. The van der Waals surface area contributed by atoms with E-state index in [0.717, 1.165) is 21.0 Å². The smallest absolute Gasteiger partial charge is 0.307 e. The van der Waals surface area contributed by atoms with Gasteiger partial charge in [-0.2, -0.15) is 5.10 Å². The molecule has 1 aromatic heterocycles. The molecule has 0 aliphatic carbocycles. The second kappa shape index (κ2) is 11.0. The van der Waals surface area contributed by atoms with Gasteiger partial charge in [-0.3, -0.25) is 4.79 Å². The van der Waals surface area contributed by atoms with Gasteiger partial charge < -0.3 is 13.9 Å². The lowest BCUT2D eigenvalue weighted by atomic mass is 10.2. The van der Waals surface area contributed by atoms with Gasteiger partial charge in [-0.15, -0.1) is 0 Å². The van der Waals surface area contributed by atoms with E-state index in [1.807, 2.05) is 25.1 Å². The van der Waals surface area contributed by atoms with E-state index in [9.17, 15) is 4.79 Å². The molecule has 0 bridgehead atoms. The fraction of sp³-hybridized carbons (Fsp3) is 0.120. The number of carbonyl (C=O) groups excluding carboxylic acids is 1. The van der Waals surface area contributed by atoms with Crippen LogP contribution in [0.2, 0.25) is 10.0 Å². The van der Waals surface area contributed by atoms with E-state index < -0.39 is 5.91 Å². The molecule has 3 aromatic carbocycles. The number of amides is 1. The van der Waals surface area contributed by atoms with Gasteiger partial charge in [0.05, 0.1) is 22.9 Å². The fourth-order valence-corrected chi connectivity index (χ4v) is 3.83. The summed E-state index contributed by atoms with van der Waals surface area (Å²) in [5.74, 6) is 0.852. The lowest BCUT2D eigenvalue weighted by Crippen LogP contribution is -2.16. The van der Waals surface area contributed by atoms with Crippen molar-refractivity contribution in [2.24, 2.45) is 5.10 Å². The molecule has 0 saturated heterocycles. The van der Waals surface area contributed by atoms with E-state index in [-0.39, 0.29) is 5.76 Å². The second-order valence-electron chi connectivity index (χ2n) is 7.17. The van der Waals surface area contributed by atoms with Crippen LogP contribution in [0.1, 0.15) is 28.6 Å². The Kier molecular flexibility index (Phi) is 7.77. The van der Waals surface area contributed by atoms with E-state index in [2.05, 4.69) is 26.5 Å². The fourth-order valence-electron chi connectivity index (χ4n) is 3.13. The van der Waals surface area contributed by atoms with Crippen LogP contribution in [-0.4, -0.2) is 18.7 Å². The number of halogens is 3. The van der Waals surface area contributed by atoms with Gasteiger partial charge in [0.25, 0.3) is 0 Å². The Labute approximate surface area is 214 Å². The van der Waals surface area contributed by atoms with E-state index in [1.165, 1.54) is 6.21 Å². The van der Waals surface area contributed by atoms with Crippen LogP contribution in [0.4, 0.5) is 0 Å². The predicted octanol–water partition coefficient (Wildman–Crippen LogP) is 7.24. The molecule has 0 saturated carbocycles. The van der Waals surface area contributed by atoms with Crippen LogP contribution in [0.5, 0.6) is 11.5 Å². The van der Waals surface area contributed by atoms with Crippen LogP contribution < -0.4 is 14.9 Å². The molecular formula is C25H19BrCl2N2O4. The van der Waals surface area contributed by atoms with Gasteiger partial charge in [-0.1, -0.05) is 45.2 Å². The van der Waals surface area contributed by atoms with E-state index in [0.29, 0.717) is 40.3 Å². The lowest BCUT2D eigenvalue weighted by Gasteiger charge is -2.13. The summed E-state index contributed by atoms with van der Waals surface area (Å²) in [4.78, 5) is 12.4. The molecule has 174 valence electrons. The third-order valence-electron chi connectivity index (χ3n) is 4.73. The van der Waals surface area contributed by atoms with Crippen molar-refractivity contribution in [2.75, 3.05) is 6.61 Å². The first-order valence-corrected chi connectivity index (χ1v) is 11.8. The average Bonchev–Trinajstić information content (AvgIpc) is 3.24. The molecule has 4 aromatic rings. The van der Waals surface area contributed by atoms with Crippen molar-refractivity contribution in [3.05, 3.63) is 92.1 Å². The highest BCUT2D eigenvalue weighted by molar-refractivity contribution is 9.10. The standard InChI is InChI=1S/C25H19BrCl2N2O4/c1-2-32-23-10-15(4-7-22(23)33-14-16-3-6-19(27)20(28)9-16)13-29-30-25(31)24-12-17-11-18(26)5-8-21(17)34-24/h3-13H,2,14H2,1H3,(H,30,31)/b29-13+. The van der Waals surface area contributed by atoms with Gasteiger partial charge in [0.1, 0.15) is 12.2 Å². The van der Waals surface area contributed by atoms with Crippen LogP contribution in [0.25, 0.3) is 11.0 Å². The quantitative estimate of drug-likeness (QED) is 0.182. The van der Waals surface area contributed by atoms with Gasteiger partial charge in [0.2, 0.25) is 0 Å². The minimum atomic E-state index is -0.449. The molecule has 0 unspecified atom stereocenters. The second-order valence-corrected chi connectivity index (χ2v) is 8.90. The SMILES string of the molecule is CCOc1cc(/C=N/NC(=O)c2cc3cc(Br)ccc3o2)ccc1OCc1ccc(Cl)c(Cl)c1. The number of carbonyl (C=O) groups is 1. The van der Waals surface area contributed by atoms with E-state index >= 15 is 0 Å². The third kappa shape index (κ3) is 5.91. The maximum absolute atomic E-state index is 12.4. The molecule has 0 aliphatic heterocycles. The summed E-state index contributed by atoms with van der Waals surface area (Å²) in [5, 5.41) is 5.81. The molecule has 1 N–H and O–H groups in total. The monoisotopic (exact) mass is 560 g/mol. The number of hydrazone groups is 1. The average molecular weight is 562 g/mol. The first-order chi connectivity index (χ1) is 16.4. The molecule has 34 heavy (non-hydrogen) atoms. The largest absolute Gasteiger partial charge is 0.490 e. The maximum Gasteiger partial charge on any atom is 0.307 e. The van der Waals surface area contributed by atoms with Gasteiger partial charge in [-0.25, -0.2) is 5.43 Å². The van der Waals surface area contributed by atoms with Crippen molar-refractivity contribution in [1.82, 2.24) is 5.43 Å². The van der Waals surface area contributed by atoms with Gasteiger partial charge in [-0.05, 0) is 72.6 Å². The number of nitrogens with zero attached hydrogens (tertiary/aromatic N) is 1. The molecule has 1 heterocycles. The zero-order valence-corrected chi connectivity index (χ0v) is 21.1. The third-order valence-corrected chi connectivity index (χ3v) is 5.96. The summed E-state index contributed by atoms with van der Waals surface area (Å²) in [6.07, 6.45) is 1.52. The van der Waals surface area contributed by atoms with Crippen molar-refractivity contribution in [2.45, 2.75) is 13.5 Å². The molecule has 1 amide bonds. The molecular weight excluding hydrogens is 543 g/mol. The summed E-state index contributed by atoms with van der Waals surface area (Å²) >= 11 is 15.4. The lowest BCUT2D eigenvalue weighted by molar-refractivity contribution is 0.0929. The molecule has 0 spiro atoms. The molecule has 9 heteroatoms. The predicted molar refractivity (Wildman–Crippen MR) is 137 cm³/mol. The highest BCUT2D eigenvalue weighted by Gasteiger charge is 2.12. The van der Waals surface area contributed by atoms with Crippen molar-refractivity contribution >= 4 is 62.2 Å². The van der Waals surface area contributed by atoms with Crippen LogP contribution >= 0.6 is 39.1 Å². The minimum Gasteiger partial charge on any atom is -0.490 e. The van der Waals surface area contributed by atoms with E-state index in [1.54, 1.807) is 42.5 Å². The van der Waals surface area contributed by atoms with Gasteiger partial charge in [0, 0.05) is 9.86 Å². The molecule has 0 atom stereocenters. The summed E-state index contributed by atoms with van der Waals surface area (Å²) in [7, 11) is 0. The highest BCUT2D eigenvalue weighted by atomic mass is 79.9. The Hall–Kier alpha value is -3.00. The molecule has 6 nitrogen and oxygen atoms in total. The van der Waals surface area contributed by atoms with Crippen LogP contribution in [0.15, 0.2) is 74.7 Å². The Morgan fingerprint density at radius 1 is 1.03 bits per heavy atom. The number of hydrogen-bond donors (Lipinski definition) is 1. The van der Waals surface area contributed by atoms with Gasteiger partial charge in [0.15, 0.2) is 17.3 Å². The molecule has 0 aliphatic rings. The number of hydrogen-bond acceptors (Lipinski definition) is 5. The van der Waals surface area contributed by atoms with Crippen LogP contribution in [-0.2, 0) is 6.61 Å². The Morgan fingerprint density at radius 2 is 1.88 bits per heavy atom. The molecule has 4 rings (SSSR count). The van der Waals surface area contributed by atoms with Gasteiger partial charge >= 0.3 is 5.91 Å². The molecule has 0 radical (unpaired) electrons. The normalized spacial score (nSPS) is 11.2.